The van der Waals surface area contributed by atoms with Crippen molar-refractivity contribution in [1.82, 2.24) is 19.8 Å². The van der Waals surface area contributed by atoms with Crippen LogP contribution in [-0.4, -0.2) is 39.5 Å². The molecule has 128 valence electrons. The van der Waals surface area contributed by atoms with Crippen LogP contribution in [0.15, 0.2) is 30.7 Å². The zero-order valence-electron chi connectivity index (χ0n) is 13.5. The van der Waals surface area contributed by atoms with Crippen LogP contribution in [0, 0.1) is 0 Å². The number of aromatic nitrogens is 2. The maximum atomic E-state index is 12.2. The first-order valence-corrected chi connectivity index (χ1v) is 8.72. The maximum absolute atomic E-state index is 12.2. The molecule has 0 radical (unpaired) electrons. The molecular weight excluding hydrogens is 347 g/mol. The molecule has 1 aromatic carbocycles. The number of nitrogens with zero attached hydrogens (tertiary/aromatic N) is 3. The molecule has 1 saturated heterocycles. The number of benzene rings is 1. The van der Waals surface area contributed by atoms with E-state index in [1.54, 1.807) is 17.1 Å². The first-order chi connectivity index (χ1) is 11.5. The van der Waals surface area contributed by atoms with Crippen LogP contribution in [0.4, 0.5) is 0 Å². The van der Waals surface area contributed by atoms with Crippen molar-refractivity contribution in [3.05, 3.63) is 52.0 Å². The molecule has 5 nitrogen and oxygen atoms in total. The van der Waals surface area contributed by atoms with Gasteiger partial charge in [0.2, 0.25) is 0 Å². The summed E-state index contributed by atoms with van der Waals surface area (Å²) in [6.45, 7) is 2.73. The summed E-state index contributed by atoms with van der Waals surface area (Å²) in [6.07, 6.45) is 5.10. The highest BCUT2D eigenvalue weighted by atomic mass is 35.5. The summed E-state index contributed by atoms with van der Waals surface area (Å²) >= 11 is 12.0. The molecular formula is C17H20Cl2N4O. The van der Waals surface area contributed by atoms with Gasteiger partial charge in [-0.25, -0.2) is 4.98 Å². The van der Waals surface area contributed by atoms with Gasteiger partial charge in [-0.2, -0.15) is 0 Å². The standard InChI is InChI=1S/C17H20Cl2N4O/c1-22-11-20-9-16(22)17(24)21-13-4-6-23(7-5-13)10-12-2-3-14(18)15(19)8-12/h2-3,8-9,11,13H,4-7,10H2,1H3,(H,21,24). The Kier molecular flexibility index (Phi) is 5.43. The summed E-state index contributed by atoms with van der Waals surface area (Å²) in [5.41, 5.74) is 1.75. The molecule has 0 spiro atoms. The van der Waals surface area contributed by atoms with Crippen molar-refractivity contribution in [1.29, 1.82) is 0 Å². The zero-order chi connectivity index (χ0) is 17.1. The predicted molar refractivity (Wildman–Crippen MR) is 95.4 cm³/mol. The van der Waals surface area contributed by atoms with Gasteiger partial charge in [-0.05, 0) is 30.5 Å². The Balaban J connectivity index is 1.49. The van der Waals surface area contributed by atoms with Crippen LogP contribution >= 0.6 is 23.2 Å². The van der Waals surface area contributed by atoms with Crippen LogP contribution in [0.25, 0.3) is 0 Å². The number of hydrogen-bond acceptors (Lipinski definition) is 3. The molecule has 0 saturated carbocycles. The average Bonchev–Trinajstić information content (AvgIpc) is 2.99. The molecule has 0 bridgehead atoms. The van der Waals surface area contributed by atoms with Gasteiger partial charge in [0.25, 0.3) is 5.91 Å². The van der Waals surface area contributed by atoms with Crippen molar-refractivity contribution in [2.24, 2.45) is 7.05 Å². The fourth-order valence-corrected chi connectivity index (χ4v) is 3.29. The number of carbonyl (C=O) groups is 1. The van der Waals surface area contributed by atoms with Gasteiger partial charge in [-0.1, -0.05) is 29.3 Å². The third-order valence-corrected chi connectivity index (χ3v) is 5.10. The first-order valence-electron chi connectivity index (χ1n) is 7.96. The second-order valence-corrected chi connectivity index (χ2v) is 6.98. The van der Waals surface area contributed by atoms with Crippen LogP contribution in [-0.2, 0) is 13.6 Å². The summed E-state index contributed by atoms with van der Waals surface area (Å²) in [7, 11) is 1.82. The van der Waals surface area contributed by atoms with Crippen LogP contribution < -0.4 is 5.32 Å². The van der Waals surface area contributed by atoms with Gasteiger partial charge < -0.3 is 9.88 Å². The molecule has 3 rings (SSSR count). The molecule has 1 amide bonds. The molecule has 1 N–H and O–H groups in total. The maximum Gasteiger partial charge on any atom is 0.269 e. The van der Waals surface area contributed by atoms with Gasteiger partial charge in [0, 0.05) is 32.7 Å². The Bertz CT molecular complexity index is 723. The number of amides is 1. The van der Waals surface area contributed by atoms with Gasteiger partial charge in [-0.3, -0.25) is 9.69 Å². The second kappa shape index (κ2) is 7.55. The van der Waals surface area contributed by atoms with Crippen LogP contribution in [0.1, 0.15) is 28.9 Å². The second-order valence-electron chi connectivity index (χ2n) is 6.16. The van der Waals surface area contributed by atoms with Gasteiger partial charge in [-0.15, -0.1) is 0 Å². The number of rotatable bonds is 4. The Morgan fingerprint density at radius 3 is 2.67 bits per heavy atom. The summed E-state index contributed by atoms with van der Waals surface area (Å²) in [4.78, 5) is 18.6. The van der Waals surface area contributed by atoms with Crippen molar-refractivity contribution in [3.63, 3.8) is 0 Å². The zero-order valence-corrected chi connectivity index (χ0v) is 15.0. The Morgan fingerprint density at radius 2 is 2.04 bits per heavy atom. The molecule has 0 unspecified atom stereocenters. The van der Waals surface area contributed by atoms with E-state index in [0.29, 0.717) is 15.7 Å². The summed E-state index contributed by atoms with van der Waals surface area (Å²) < 4.78 is 1.73. The summed E-state index contributed by atoms with van der Waals surface area (Å²) in [5.74, 6) is -0.0575. The van der Waals surface area contributed by atoms with Crippen molar-refractivity contribution in [2.45, 2.75) is 25.4 Å². The largest absolute Gasteiger partial charge is 0.348 e. The molecule has 24 heavy (non-hydrogen) atoms. The number of carbonyl (C=O) groups excluding carboxylic acids is 1. The average molecular weight is 367 g/mol. The number of nitrogens with one attached hydrogen (secondary N) is 1. The third-order valence-electron chi connectivity index (χ3n) is 4.36. The highest BCUT2D eigenvalue weighted by Crippen LogP contribution is 2.24. The van der Waals surface area contributed by atoms with E-state index in [9.17, 15) is 4.79 Å². The molecule has 7 heteroatoms. The SMILES string of the molecule is Cn1cncc1C(=O)NC1CCN(Cc2ccc(Cl)c(Cl)c2)CC1. The van der Waals surface area contributed by atoms with E-state index in [-0.39, 0.29) is 11.9 Å². The lowest BCUT2D eigenvalue weighted by molar-refractivity contribution is 0.0900. The highest BCUT2D eigenvalue weighted by Gasteiger charge is 2.22. The van der Waals surface area contributed by atoms with E-state index in [0.717, 1.165) is 38.0 Å². The number of halogens is 2. The number of piperidine rings is 1. The molecule has 2 aromatic rings. The molecule has 1 aliphatic heterocycles. The first kappa shape index (κ1) is 17.3. The fourth-order valence-electron chi connectivity index (χ4n) is 2.97. The van der Waals surface area contributed by atoms with Crippen molar-refractivity contribution in [3.8, 4) is 0 Å². The van der Waals surface area contributed by atoms with Crippen molar-refractivity contribution >= 4 is 29.1 Å². The lowest BCUT2D eigenvalue weighted by Crippen LogP contribution is -2.44. The van der Waals surface area contributed by atoms with E-state index in [4.69, 9.17) is 23.2 Å². The number of imidazole rings is 1. The van der Waals surface area contributed by atoms with Gasteiger partial charge >= 0.3 is 0 Å². The Hall–Kier alpha value is -1.56. The molecule has 2 heterocycles. The van der Waals surface area contributed by atoms with Crippen molar-refractivity contribution in [2.75, 3.05) is 13.1 Å². The summed E-state index contributed by atoms with van der Waals surface area (Å²) in [5, 5.41) is 4.27. The number of likely N-dealkylation sites (tertiary alicyclic amines) is 1. The normalized spacial score (nSPS) is 16.3. The molecule has 1 aliphatic rings. The Labute approximate surface area is 151 Å². The fraction of sp³-hybridized carbons (Fsp3) is 0.412. The monoisotopic (exact) mass is 366 g/mol. The van der Waals surface area contributed by atoms with Gasteiger partial charge in [0.05, 0.1) is 22.6 Å². The lowest BCUT2D eigenvalue weighted by Gasteiger charge is -2.32. The minimum absolute atomic E-state index is 0.0575. The molecule has 0 aliphatic carbocycles. The predicted octanol–water partition coefficient (Wildman–Crippen LogP) is 3.12. The number of aryl methyl sites for hydroxylation is 1. The Morgan fingerprint density at radius 1 is 1.29 bits per heavy atom. The minimum atomic E-state index is -0.0575. The quantitative estimate of drug-likeness (QED) is 0.904. The van der Waals surface area contributed by atoms with Crippen molar-refractivity contribution < 1.29 is 4.79 Å². The lowest BCUT2D eigenvalue weighted by atomic mass is 10.0. The molecule has 0 atom stereocenters. The van der Waals surface area contributed by atoms with Crippen LogP contribution in [0.3, 0.4) is 0 Å². The number of hydrogen-bond donors (Lipinski definition) is 1. The van der Waals surface area contributed by atoms with Gasteiger partial charge in [0.15, 0.2) is 0 Å². The highest BCUT2D eigenvalue weighted by molar-refractivity contribution is 6.42. The van der Waals surface area contributed by atoms with Crippen LogP contribution in [0.2, 0.25) is 10.0 Å². The van der Waals surface area contributed by atoms with E-state index < -0.39 is 0 Å². The van der Waals surface area contributed by atoms with Crippen LogP contribution in [0.5, 0.6) is 0 Å². The van der Waals surface area contributed by atoms with E-state index in [1.807, 2.05) is 25.2 Å². The van der Waals surface area contributed by atoms with E-state index >= 15 is 0 Å². The molecule has 1 aromatic heterocycles. The smallest absolute Gasteiger partial charge is 0.269 e. The van der Waals surface area contributed by atoms with E-state index in [1.165, 1.54) is 0 Å². The topological polar surface area (TPSA) is 50.2 Å². The van der Waals surface area contributed by atoms with E-state index in [2.05, 4.69) is 15.2 Å². The minimum Gasteiger partial charge on any atom is -0.348 e. The third kappa shape index (κ3) is 4.09. The molecule has 1 fully saturated rings. The van der Waals surface area contributed by atoms with Gasteiger partial charge in [0.1, 0.15) is 5.69 Å². The summed E-state index contributed by atoms with van der Waals surface area (Å²) in [6, 6.07) is 5.96.